The molecule has 160 valence electrons. The van der Waals surface area contributed by atoms with Gasteiger partial charge in [-0.25, -0.2) is 9.78 Å². The fourth-order valence-electron chi connectivity index (χ4n) is 3.30. The van der Waals surface area contributed by atoms with Crippen molar-refractivity contribution in [3.8, 4) is 0 Å². The highest BCUT2D eigenvalue weighted by molar-refractivity contribution is 5.98. The molecule has 0 aliphatic carbocycles. The first-order valence-electron chi connectivity index (χ1n) is 9.96. The number of esters is 2. The Balaban J connectivity index is 1.76. The number of hydrogen-bond donors (Lipinski definition) is 1. The van der Waals surface area contributed by atoms with E-state index in [0.29, 0.717) is 22.5 Å². The normalized spacial score (nSPS) is 10.5. The summed E-state index contributed by atoms with van der Waals surface area (Å²) in [5.74, 6) is -1.10. The molecule has 2 aromatic carbocycles. The lowest BCUT2D eigenvalue weighted by atomic mass is 10.0. The number of ether oxygens (including phenoxy) is 2. The lowest BCUT2D eigenvalue weighted by Crippen LogP contribution is -2.15. The number of aromatic nitrogens is 1. The van der Waals surface area contributed by atoms with Crippen LogP contribution in [0.25, 0.3) is 10.9 Å². The monoisotopic (exact) mass is 420 g/mol. The summed E-state index contributed by atoms with van der Waals surface area (Å²) in [5.41, 5.74) is 3.54. The molecule has 7 nitrogen and oxygen atoms in total. The Hall–Kier alpha value is -3.74. The van der Waals surface area contributed by atoms with E-state index in [0.717, 1.165) is 16.5 Å². The topological polar surface area (TPSA) is 94.6 Å². The Kier molecular flexibility index (Phi) is 6.97. The highest BCUT2D eigenvalue weighted by Crippen LogP contribution is 2.24. The Labute approximate surface area is 180 Å². The van der Waals surface area contributed by atoms with Gasteiger partial charge in [-0.3, -0.25) is 9.59 Å². The van der Waals surface area contributed by atoms with Crippen LogP contribution in [-0.2, 0) is 32.1 Å². The van der Waals surface area contributed by atoms with Crippen LogP contribution in [0.1, 0.15) is 41.0 Å². The first-order chi connectivity index (χ1) is 14.9. The highest BCUT2D eigenvalue weighted by atomic mass is 16.5. The standard InChI is InChI=1S/C24H24N2O5/c1-4-30-24(29)23-15(2)19-7-5-6-8-20(19)26-21(23)14-31-22(28)13-17-9-11-18(12-10-17)25-16(3)27/h5-12H,4,13-14H2,1-3H3,(H,25,27). The predicted octanol–water partition coefficient (Wildman–Crippen LogP) is 3.96. The molecular formula is C24H24N2O5. The highest BCUT2D eigenvalue weighted by Gasteiger charge is 2.21. The van der Waals surface area contributed by atoms with E-state index in [2.05, 4.69) is 10.3 Å². The van der Waals surface area contributed by atoms with Crippen LogP contribution in [-0.4, -0.2) is 29.4 Å². The summed E-state index contributed by atoms with van der Waals surface area (Å²) >= 11 is 0. The zero-order valence-electron chi connectivity index (χ0n) is 17.7. The third-order valence-electron chi connectivity index (χ3n) is 4.70. The van der Waals surface area contributed by atoms with Crippen LogP contribution >= 0.6 is 0 Å². The van der Waals surface area contributed by atoms with Gasteiger partial charge in [0.25, 0.3) is 0 Å². The van der Waals surface area contributed by atoms with Crippen LogP contribution in [0.4, 0.5) is 5.69 Å². The summed E-state index contributed by atoms with van der Waals surface area (Å²) in [4.78, 5) is 40.5. The lowest BCUT2D eigenvalue weighted by molar-refractivity contribution is -0.144. The molecule has 0 aliphatic heterocycles. The van der Waals surface area contributed by atoms with E-state index in [1.807, 2.05) is 31.2 Å². The van der Waals surface area contributed by atoms with Gasteiger partial charge in [0.2, 0.25) is 5.91 Å². The van der Waals surface area contributed by atoms with Gasteiger partial charge in [-0.05, 0) is 43.2 Å². The van der Waals surface area contributed by atoms with Crippen LogP contribution in [0, 0.1) is 6.92 Å². The van der Waals surface area contributed by atoms with Gasteiger partial charge in [0, 0.05) is 18.0 Å². The fourth-order valence-corrected chi connectivity index (χ4v) is 3.30. The minimum atomic E-state index is -0.488. The Morgan fingerprint density at radius 1 is 1.00 bits per heavy atom. The minimum absolute atomic E-state index is 0.0572. The first kappa shape index (κ1) is 22.0. The maximum atomic E-state index is 12.5. The Bertz CT molecular complexity index is 1120. The molecule has 1 heterocycles. The molecule has 0 bridgehead atoms. The van der Waals surface area contributed by atoms with Crippen LogP contribution in [0.5, 0.6) is 0 Å². The fraction of sp³-hybridized carbons (Fsp3) is 0.250. The summed E-state index contributed by atoms with van der Waals surface area (Å²) in [5, 5.41) is 3.52. The number of aryl methyl sites for hydroxylation is 1. The van der Waals surface area contributed by atoms with Crippen molar-refractivity contribution < 1.29 is 23.9 Å². The molecule has 0 unspecified atom stereocenters. The third-order valence-corrected chi connectivity index (χ3v) is 4.70. The van der Waals surface area contributed by atoms with Crippen LogP contribution in [0.3, 0.4) is 0 Å². The number of fused-ring (bicyclic) bond motifs is 1. The number of para-hydroxylation sites is 1. The number of anilines is 1. The van der Waals surface area contributed by atoms with Gasteiger partial charge in [-0.15, -0.1) is 0 Å². The molecule has 3 aromatic rings. The molecule has 3 rings (SSSR count). The molecule has 0 saturated carbocycles. The van der Waals surface area contributed by atoms with E-state index in [1.54, 1.807) is 31.2 Å². The zero-order valence-corrected chi connectivity index (χ0v) is 17.7. The van der Waals surface area contributed by atoms with E-state index < -0.39 is 11.9 Å². The Morgan fingerprint density at radius 2 is 1.71 bits per heavy atom. The molecule has 7 heteroatoms. The number of nitrogens with zero attached hydrogens (tertiary/aromatic N) is 1. The summed E-state index contributed by atoms with van der Waals surface area (Å²) in [6.07, 6.45) is 0.0572. The summed E-state index contributed by atoms with van der Waals surface area (Å²) in [7, 11) is 0. The second-order valence-corrected chi connectivity index (χ2v) is 7.01. The SMILES string of the molecule is CCOC(=O)c1c(COC(=O)Cc2ccc(NC(C)=O)cc2)nc2ccccc2c1C. The van der Waals surface area contributed by atoms with E-state index >= 15 is 0 Å². The molecule has 1 N–H and O–H groups in total. The van der Waals surface area contributed by atoms with E-state index in [1.165, 1.54) is 6.92 Å². The number of carbonyl (C=O) groups is 3. The van der Waals surface area contributed by atoms with Crippen molar-refractivity contribution in [3.05, 3.63) is 70.9 Å². The smallest absolute Gasteiger partial charge is 0.340 e. The zero-order chi connectivity index (χ0) is 22.4. The van der Waals surface area contributed by atoms with Crippen LogP contribution in [0.2, 0.25) is 0 Å². The van der Waals surface area contributed by atoms with Crippen LogP contribution in [0.15, 0.2) is 48.5 Å². The van der Waals surface area contributed by atoms with E-state index in [9.17, 15) is 14.4 Å². The Morgan fingerprint density at radius 3 is 2.39 bits per heavy atom. The number of nitrogens with one attached hydrogen (secondary N) is 1. The van der Waals surface area contributed by atoms with Gasteiger partial charge in [0.15, 0.2) is 0 Å². The van der Waals surface area contributed by atoms with Gasteiger partial charge < -0.3 is 14.8 Å². The van der Waals surface area contributed by atoms with Gasteiger partial charge in [0.05, 0.1) is 29.8 Å². The van der Waals surface area contributed by atoms with Crippen molar-refractivity contribution in [2.45, 2.75) is 33.8 Å². The second kappa shape index (κ2) is 9.84. The molecular weight excluding hydrogens is 396 g/mol. The van der Waals surface area contributed by atoms with Gasteiger partial charge in [0.1, 0.15) is 6.61 Å². The molecule has 1 amide bonds. The van der Waals surface area contributed by atoms with Gasteiger partial charge in [-0.2, -0.15) is 0 Å². The maximum Gasteiger partial charge on any atom is 0.340 e. The van der Waals surface area contributed by atoms with E-state index in [-0.39, 0.29) is 25.5 Å². The quantitative estimate of drug-likeness (QED) is 0.582. The van der Waals surface area contributed by atoms with Crippen molar-refractivity contribution in [1.29, 1.82) is 0 Å². The molecule has 0 spiro atoms. The molecule has 0 radical (unpaired) electrons. The van der Waals surface area contributed by atoms with Gasteiger partial charge in [-0.1, -0.05) is 30.3 Å². The number of benzene rings is 2. The maximum absolute atomic E-state index is 12.5. The number of carbonyl (C=O) groups excluding carboxylic acids is 3. The predicted molar refractivity (Wildman–Crippen MR) is 117 cm³/mol. The first-order valence-corrected chi connectivity index (χ1v) is 9.96. The van der Waals surface area contributed by atoms with Gasteiger partial charge >= 0.3 is 11.9 Å². The summed E-state index contributed by atoms with van der Waals surface area (Å²) in [6, 6.07) is 14.4. The number of pyridine rings is 1. The number of rotatable bonds is 7. The second-order valence-electron chi connectivity index (χ2n) is 7.01. The van der Waals surface area contributed by atoms with Crippen molar-refractivity contribution >= 4 is 34.4 Å². The minimum Gasteiger partial charge on any atom is -0.462 e. The lowest BCUT2D eigenvalue weighted by Gasteiger charge is -2.14. The number of hydrogen-bond acceptors (Lipinski definition) is 6. The number of amides is 1. The average molecular weight is 420 g/mol. The van der Waals surface area contributed by atoms with Crippen molar-refractivity contribution in [3.63, 3.8) is 0 Å². The van der Waals surface area contributed by atoms with Crippen molar-refractivity contribution in [2.24, 2.45) is 0 Å². The third kappa shape index (κ3) is 5.45. The van der Waals surface area contributed by atoms with Crippen LogP contribution < -0.4 is 5.32 Å². The molecule has 0 atom stereocenters. The van der Waals surface area contributed by atoms with Crippen molar-refractivity contribution in [2.75, 3.05) is 11.9 Å². The largest absolute Gasteiger partial charge is 0.462 e. The molecule has 0 aliphatic rings. The average Bonchev–Trinajstić information content (AvgIpc) is 2.73. The molecule has 31 heavy (non-hydrogen) atoms. The summed E-state index contributed by atoms with van der Waals surface area (Å²) < 4.78 is 10.6. The molecule has 0 saturated heterocycles. The summed E-state index contributed by atoms with van der Waals surface area (Å²) in [6.45, 7) is 5.09. The molecule has 0 fully saturated rings. The molecule has 1 aromatic heterocycles. The van der Waals surface area contributed by atoms with Crippen molar-refractivity contribution in [1.82, 2.24) is 4.98 Å². The van der Waals surface area contributed by atoms with E-state index in [4.69, 9.17) is 9.47 Å².